The number of hydrogen-bond donors (Lipinski definition) is 1. The third kappa shape index (κ3) is 4.41. The zero-order valence-electron chi connectivity index (χ0n) is 17.5. The Morgan fingerprint density at radius 3 is 2.79 bits per heavy atom. The van der Waals surface area contributed by atoms with Crippen LogP contribution in [0.15, 0.2) is 23.3 Å². The molecule has 2 aliphatic heterocycles. The zero-order chi connectivity index (χ0) is 20.4. The van der Waals surface area contributed by atoms with E-state index >= 15 is 0 Å². The number of hydrogen-bond acceptors (Lipinski definition) is 4. The summed E-state index contributed by atoms with van der Waals surface area (Å²) in [6.07, 6.45) is 8.09. The highest BCUT2D eigenvalue weighted by molar-refractivity contribution is 6.05. The topological polar surface area (TPSA) is 70.6 Å². The van der Waals surface area contributed by atoms with Gasteiger partial charge in [-0.15, -0.1) is 0 Å². The molecule has 2 aliphatic rings. The molecule has 0 saturated carbocycles. The molecule has 2 aromatic rings. The number of H-pyrrole nitrogens is 1. The van der Waals surface area contributed by atoms with Crippen molar-refractivity contribution in [3.05, 3.63) is 34.4 Å². The Balaban J connectivity index is 1.34. The van der Waals surface area contributed by atoms with Crippen molar-refractivity contribution in [2.45, 2.75) is 25.7 Å². The number of nitrogens with one attached hydrogen (secondary N) is 1. The lowest BCUT2D eigenvalue weighted by atomic mass is 9.94. The number of rotatable bonds is 5. The van der Waals surface area contributed by atoms with Crippen molar-refractivity contribution in [3.8, 4) is 0 Å². The summed E-state index contributed by atoms with van der Waals surface area (Å²) in [7, 11) is 3.56. The van der Waals surface area contributed by atoms with E-state index in [0.29, 0.717) is 28.3 Å². The first-order valence-electron chi connectivity index (χ1n) is 10.7. The van der Waals surface area contributed by atoms with E-state index in [2.05, 4.69) is 9.88 Å². The number of amides is 1. The predicted octanol–water partition coefficient (Wildman–Crippen LogP) is 2.08. The Hall–Kier alpha value is -2.12. The van der Waals surface area contributed by atoms with Gasteiger partial charge >= 0.3 is 0 Å². The molecule has 1 unspecified atom stereocenters. The monoisotopic (exact) mass is 400 g/mol. The highest BCUT2D eigenvalue weighted by Gasteiger charge is 2.26. The molecule has 0 bridgehead atoms. The molecular weight excluding hydrogens is 368 g/mol. The van der Waals surface area contributed by atoms with E-state index in [-0.39, 0.29) is 11.5 Å². The van der Waals surface area contributed by atoms with Gasteiger partial charge in [0.05, 0.1) is 12.2 Å². The lowest BCUT2D eigenvalue weighted by Crippen LogP contribution is -2.42. The van der Waals surface area contributed by atoms with Crippen LogP contribution in [0.25, 0.3) is 10.9 Å². The maximum atomic E-state index is 13.1. The van der Waals surface area contributed by atoms with E-state index in [0.717, 1.165) is 52.2 Å². The number of ether oxygens (including phenoxy) is 1. The molecule has 29 heavy (non-hydrogen) atoms. The Kier molecular flexibility index (Phi) is 6.06. The molecule has 1 atom stereocenters. The number of aromatic amines is 1. The van der Waals surface area contributed by atoms with Crippen molar-refractivity contribution in [2.24, 2.45) is 18.9 Å². The van der Waals surface area contributed by atoms with Crippen LogP contribution < -0.4 is 5.56 Å². The van der Waals surface area contributed by atoms with Crippen molar-refractivity contribution >= 4 is 16.8 Å². The fraction of sp³-hybridized carbons (Fsp3) is 0.636. The van der Waals surface area contributed by atoms with Crippen LogP contribution in [0.5, 0.6) is 0 Å². The maximum Gasteiger partial charge on any atom is 0.274 e. The summed E-state index contributed by atoms with van der Waals surface area (Å²) >= 11 is 0. The van der Waals surface area contributed by atoms with Gasteiger partial charge in [0.25, 0.3) is 11.5 Å². The summed E-state index contributed by atoms with van der Waals surface area (Å²) in [5, 5.41) is 0.703. The van der Waals surface area contributed by atoms with E-state index in [1.165, 1.54) is 17.4 Å². The molecular formula is C22H32N4O3. The molecule has 0 radical (unpaired) electrons. The van der Waals surface area contributed by atoms with Crippen LogP contribution >= 0.6 is 0 Å². The fourth-order valence-electron chi connectivity index (χ4n) is 4.78. The molecule has 0 spiro atoms. The number of nitrogens with zero attached hydrogens (tertiary/aromatic N) is 3. The van der Waals surface area contributed by atoms with Gasteiger partial charge in [0, 0.05) is 51.6 Å². The number of carbonyl (C=O) groups is 1. The van der Waals surface area contributed by atoms with E-state index < -0.39 is 0 Å². The molecule has 0 aliphatic carbocycles. The standard InChI is InChI=1S/C22H32N4O3/c1-24(21(27)19-14-25(2)22(28)20-18(19)5-8-23-20)12-16-6-9-26(10-7-16)13-17-4-3-11-29-15-17/h5,8,14,16-17,23H,3-4,6-7,9-13,15H2,1-2H3. The minimum atomic E-state index is -0.111. The lowest BCUT2D eigenvalue weighted by molar-refractivity contribution is 0.0312. The summed E-state index contributed by atoms with van der Waals surface area (Å²) in [6.45, 7) is 5.93. The molecule has 2 fully saturated rings. The summed E-state index contributed by atoms with van der Waals surface area (Å²) in [5.74, 6) is 1.18. The zero-order valence-corrected chi connectivity index (χ0v) is 17.5. The van der Waals surface area contributed by atoms with E-state index in [1.807, 2.05) is 18.0 Å². The number of aryl methyl sites for hydroxylation is 1. The van der Waals surface area contributed by atoms with Gasteiger partial charge < -0.3 is 24.1 Å². The second kappa shape index (κ2) is 8.71. The lowest BCUT2D eigenvalue weighted by Gasteiger charge is -2.36. The smallest absolute Gasteiger partial charge is 0.274 e. The van der Waals surface area contributed by atoms with Gasteiger partial charge in [-0.2, -0.15) is 0 Å². The second-order valence-corrected chi connectivity index (χ2v) is 8.74. The van der Waals surface area contributed by atoms with Gasteiger partial charge in [0.2, 0.25) is 0 Å². The van der Waals surface area contributed by atoms with Crippen molar-refractivity contribution in [1.82, 2.24) is 19.4 Å². The minimum Gasteiger partial charge on any atom is -0.381 e. The first-order valence-corrected chi connectivity index (χ1v) is 10.7. The van der Waals surface area contributed by atoms with Crippen molar-refractivity contribution < 1.29 is 9.53 Å². The van der Waals surface area contributed by atoms with Gasteiger partial charge in [-0.1, -0.05) is 0 Å². The second-order valence-electron chi connectivity index (χ2n) is 8.74. The van der Waals surface area contributed by atoms with Crippen LogP contribution in [0.1, 0.15) is 36.0 Å². The minimum absolute atomic E-state index is 0.0213. The van der Waals surface area contributed by atoms with Crippen molar-refractivity contribution in [2.75, 3.05) is 46.4 Å². The molecule has 4 heterocycles. The van der Waals surface area contributed by atoms with E-state index in [4.69, 9.17) is 4.74 Å². The number of carbonyl (C=O) groups excluding carboxylic acids is 1. The predicted molar refractivity (Wildman–Crippen MR) is 113 cm³/mol. The number of likely N-dealkylation sites (tertiary alicyclic amines) is 1. The number of fused-ring (bicyclic) bond motifs is 1. The summed E-state index contributed by atoms with van der Waals surface area (Å²) < 4.78 is 7.09. The van der Waals surface area contributed by atoms with E-state index in [1.54, 1.807) is 19.4 Å². The highest BCUT2D eigenvalue weighted by Crippen LogP contribution is 2.23. The van der Waals surface area contributed by atoms with Gasteiger partial charge in [0.15, 0.2) is 0 Å². The SMILES string of the molecule is CN(CC1CCN(CC2CCCOC2)CC1)C(=O)c1cn(C)c(=O)c2[nH]ccc12. The number of piperidine rings is 1. The maximum absolute atomic E-state index is 13.1. The summed E-state index contributed by atoms with van der Waals surface area (Å²) in [4.78, 5) is 32.7. The molecule has 2 aromatic heterocycles. The third-order valence-corrected chi connectivity index (χ3v) is 6.48. The van der Waals surface area contributed by atoms with Gasteiger partial charge in [-0.05, 0) is 56.7 Å². The molecule has 7 nitrogen and oxygen atoms in total. The highest BCUT2D eigenvalue weighted by atomic mass is 16.5. The molecule has 7 heteroatoms. The summed E-state index contributed by atoms with van der Waals surface area (Å²) in [5.41, 5.74) is 0.965. The molecule has 158 valence electrons. The summed E-state index contributed by atoms with van der Waals surface area (Å²) in [6, 6.07) is 1.81. The van der Waals surface area contributed by atoms with Crippen LogP contribution in [-0.4, -0.2) is 71.7 Å². The molecule has 1 amide bonds. The van der Waals surface area contributed by atoms with Crippen LogP contribution in [-0.2, 0) is 11.8 Å². The molecule has 0 aromatic carbocycles. The van der Waals surface area contributed by atoms with Crippen LogP contribution in [0.2, 0.25) is 0 Å². The van der Waals surface area contributed by atoms with Gasteiger partial charge in [0.1, 0.15) is 5.52 Å². The average molecular weight is 401 g/mol. The normalized spacial score (nSPS) is 21.5. The Labute approximate surface area is 171 Å². The van der Waals surface area contributed by atoms with Crippen LogP contribution in [0.3, 0.4) is 0 Å². The largest absolute Gasteiger partial charge is 0.381 e. The van der Waals surface area contributed by atoms with Crippen LogP contribution in [0, 0.1) is 11.8 Å². The van der Waals surface area contributed by atoms with Gasteiger partial charge in [-0.3, -0.25) is 9.59 Å². The van der Waals surface area contributed by atoms with Crippen molar-refractivity contribution in [3.63, 3.8) is 0 Å². The van der Waals surface area contributed by atoms with E-state index in [9.17, 15) is 9.59 Å². The fourth-order valence-corrected chi connectivity index (χ4v) is 4.78. The molecule has 2 saturated heterocycles. The quantitative estimate of drug-likeness (QED) is 0.834. The van der Waals surface area contributed by atoms with Gasteiger partial charge in [-0.25, -0.2) is 0 Å². The first kappa shape index (κ1) is 20.2. The Morgan fingerprint density at radius 2 is 2.07 bits per heavy atom. The number of pyridine rings is 1. The number of aromatic nitrogens is 2. The van der Waals surface area contributed by atoms with Crippen LogP contribution in [0.4, 0.5) is 0 Å². The Bertz CT molecular complexity index is 904. The average Bonchev–Trinajstić information content (AvgIpc) is 3.22. The van der Waals surface area contributed by atoms with Crippen molar-refractivity contribution in [1.29, 1.82) is 0 Å². The Morgan fingerprint density at radius 1 is 1.28 bits per heavy atom. The first-order chi connectivity index (χ1) is 14.0. The molecule has 1 N–H and O–H groups in total. The third-order valence-electron chi connectivity index (χ3n) is 6.48. The molecule has 4 rings (SSSR count).